The summed E-state index contributed by atoms with van der Waals surface area (Å²) in [5.41, 5.74) is 0. The Hall–Kier alpha value is 0.830. The van der Waals surface area contributed by atoms with Crippen molar-refractivity contribution in [2.45, 2.75) is 47.9 Å². The van der Waals surface area contributed by atoms with Crippen LogP contribution in [0.5, 0.6) is 0 Å². The maximum absolute atomic E-state index is 2.38. The third-order valence-corrected chi connectivity index (χ3v) is 9.81. The average Bonchev–Trinajstić information content (AvgIpc) is 2.26. The van der Waals surface area contributed by atoms with E-state index in [1.54, 1.807) is 21.2 Å². The quantitative estimate of drug-likeness (QED) is 0.688. The van der Waals surface area contributed by atoms with E-state index in [0.29, 0.717) is 0 Å². The number of quaternary nitrogens is 1. The fourth-order valence-corrected chi connectivity index (χ4v) is 7.79. The second kappa shape index (κ2) is 7.16. The van der Waals surface area contributed by atoms with Gasteiger partial charge in [-0.25, -0.2) is 0 Å². The molecule has 0 aliphatic carbocycles. The molecule has 0 bridgehead atoms. The van der Waals surface area contributed by atoms with Gasteiger partial charge in [0.2, 0.25) is 0 Å². The van der Waals surface area contributed by atoms with Crippen LogP contribution >= 0.6 is 0 Å². The van der Waals surface area contributed by atoms with Crippen molar-refractivity contribution >= 4 is 22.9 Å². The summed E-state index contributed by atoms with van der Waals surface area (Å²) in [6.07, 6.45) is 6.16. The molecule has 0 saturated carbocycles. The Morgan fingerprint density at radius 2 is 1.36 bits per heavy atom. The summed E-state index contributed by atoms with van der Waals surface area (Å²) in [5, 5.41) is 0. The van der Waals surface area contributed by atoms with Gasteiger partial charge in [-0.05, 0) is 0 Å². The normalized spacial score (nSPS) is 23.9. The Morgan fingerprint density at radius 3 is 1.79 bits per heavy atom. The van der Waals surface area contributed by atoms with Crippen LogP contribution in [0.25, 0.3) is 0 Å². The van der Waals surface area contributed by atoms with Crippen molar-refractivity contribution in [2.75, 3.05) is 26.2 Å². The van der Waals surface area contributed by atoms with Crippen molar-refractivity contribution in [3.8, 4) is 0 Å². The van der Waals surface area contributed by atoms with Crippen molar-refractivity contribution in [1.82, 2.24) is 0 Å². The standard InChI is InChI=1S/C12H26N.In.H/c1-5-9-11-13(7-3,8-4)12-10-6-2;;/h1-2,5-12H2,3-4H3;;/q+1;;. The van der Waals surface area contributed by atoms with E-state index >= 15 is 0 Å². The molecule has 0 aromatic heterocycles. The van der Waals surface area contributed by atoms with Gasteiger partial charge in [-0.1, -0.05) is 0 Å². The molecule has 0 spiro atoms. The molecule has 2 heteroatoms. The number of hydrogen-bond acceptors (Lipinski definition) is 0. The van der Waals surface area contributed by atoms with Crippen molar-refractivity contribution in [2.24, 2.45) is 0 Å². The molecule has 0 N–H and O–H groups in total. The zero-order chi connectivity index (χ0) is 10.3. The van der Waals surface area contributed by atoms with Gasteiger partial charge < -0.3 is 0 Å². The Labute approximate surface area is 101 Å². The third-order valence-electron chi connectivity index (χ3n) is 4.11. The zero-order valence-electron chi connectivity index (χ0n) is 10.2. The van der Waals surface area contributed by atoms with Gasteiger partial charge in [0.1, 0.15) is 0 Å². The molecule has 0 aromatic carbocycles. The number of hydrogen-bond donors (Lipinski definition) is 0. The predicted octanol–water partition coefficient (Wildman–Crippen LogP) is 2.69. The second-order valence-electron chi connectivity index (χ2n) is 4.90. The van der Waals surface area contributed by atoms with E-state index in [4.69, 9.17) is 0 Å². The minimum absolute atomic E-state index is 0.218. The van der Waals surface area contributed by atoms with Crippen molar-refractivity contribution in [3.63, 3.8) is 0 Å². The van der Waals surface area contributed by atoms with E-state index in [2.05, 4.69) is 13.8 Å². The first-order valence-electron chi connectivity index (χ1n) is 6.68. The van der Waals surface area contributed by atoms with Crippen LogP contribution in [0.15, 0.2) is 0 Å². The van der Waals surface area contributed by atoms with E-state index in [1.807, 2.05) is 0 Å². The first-order chi connectivity index (χ1) is 6.83. The van der Waals surface area contributed by atoms with Gasteiger partial charge in [-0.3, -0.25) is 0 Å². The van der Waals surface area contributed by atoms with Crippen LogP contribution in [-0.2, 0) is 0 Å². The van der Waals surface area contributed by atoms with Crippen LogP contribution in [-0.4, -0.2) is 53.6 Å². The topological polar surface area (TPSA) is 0 Å². The molecular weight excluding hydrogens is 273 g/mol. The van der Waals surface area contributed by atoms with Gasteiger partial charge in [-0.2, -0.15) is 0 Å². The van der Waals surface area contributed by atoms with Crippen LogP contribution < -0.4 is 0 Å². The average molecular weight is 300 g/mol. The van der Waals surface area contributed by atoms with Crippen molar-refractivity contribution in [1.29, 1.82) is 0 Å². The Morgan fingerprint density at radius 1 is 0.857 bits per heavy atom. The number of rotatable bonds is 2. The Kier molecular flexibility index (Phi) is 6.60. The SMILES string of the molecule is CC[N+]1(CC)CCC[CH2][InH][CH2]CCC1. The molecule has 1 fully saturated rings. The van der Waals surface area contributed by atoms with Gasteiger partial charge in [0, 0.05) is 0 Å². The third kappa shape index (κ3) is 4.14. The molecule has 0 atom stereocenters. The molecule has 1 nitrogen and oxygen atoms in total. The van der Waals surface area contributed by atoms with Crippen LogP contribution in [0.2, 0.25) is 8.35 Å². The molecule has 14 heavy (non-hydrogen) atoms. The van der Waals surface area contributed by atoms with Gasteiger partial charge in [-0.15, -0.1) is 0 Å². The summed E-state index contributed by atoms with van der Waals surface area (Å²) in [4.78, 5) is 0. The summed E-state index contributed by atoms with van der Waals surface area (Å²) in [5.74, 6) is 0. The molecule has 1 heterocycles. The summed E-state index contributed by atoms with van der Waals surface area (Å²) >= 11 is -0.218. The molecule has 0 radical (unpaired) electrons. The van der Waals surface area contributed by atoms with E-state index in [9.17, 15) is 0 Å². The van der Waals surface area contributed by atoms with Crippen molar-refractivity contribution < 1.29 is 4.48 Å². The number of nitrogens with zero attached hydrogens (tertiary/aromatic N) is 1. The van der Waals surface area contributed by atoms with Gasteiger partial charge in [0.15, 0.2) is 0 Å². The predicted molar refractivity (Wildman–Crippen MR) is 66.3 cm³/mol. The monoisotopic (exact) mass is 300 g/mol. The molecule has 1 saturated heterocycles. The minimum atomic E-state index is -0.218. The summed E-state index contributed by atoms with van der Waals surface area (Å²) in [6, 6.07) is 0. The summed E-state index contributed by atoms with van der Waals surface area (Å²) in [6.45, 7) is 10.4. The van der Waals surface area contributed by atoms with Crippen LogP contribution in [0.4, 0.5) is 0 Å². The summed E-state index contributed by atoms with van der Waals surface area (Å²) in [7, 11) is 0. The van der Waals surface area contributed by atoms with E-state index in [-0.39, 0.29) is 22.9 Å². The Bertz CT molecular complexity index is 131. The van der Waals surface area contributed by atoms with Gasteiger partial charge >= 0.3 is 101 Å². The van der Waals surface area contributed by atoms with Gasteiger partial charge in [0.05, 0.1) is 0 Å². The first-order valence-corrected chi connectivity index (χ1v) is 12.4. The second-order valence-corrected chi connectivity index (χ2v) is 11.0. The summed E-state index contributed by atoms with van der Waals surface area (Å²) < 4.78 is 4.79. The molecule has 82 valence electrons. The molecule has 1 aliphatic heterocycles. The van der Waals surface area contributed by atoms with E-state index in [1.165, 1.54) is 43.5 Å². The van der Waals surface area contributed by atoms with E-state index in [0.717, 1.165) is 0 Å². The molecule has 1 rings (SSSR count). The van der Waals surface area contributed by atoms with E-state index < -0.39 is 0 Å². The molecular formula is C12H27InN+. The zero-order valence-corrected chi connectivity index (χ0v) is 14.3. The van der Waals surface area contributed by atoms with Crippen LogP contribution in [0.3, 0.4) is 0 Å². The molecule has 0 aromatic rings. The fourth-order valence-electron chi connectivity index (χ4n) is 2.75. The fraction of sp³-hybridized carbons (Fsp3) is 1.00. The van der Waals surface area contributed by atoms with Crippen LogP contribution in [0, 0.1) is 0 Å². The van der Waals surface area contributed by atoms with Crippen LogP contribution in [0.1, 0.15) is 39.5 Å². The molecule has 0 unspecified atom stereocenters. The Balaban J connectivity index is 2.44. The van der Waals surface area contributed by atoms with Crippen molar-refractivity contribution in [3.05, 3.63) is 0 Å². The molecule has 0 amide bonds. The maximum atomic E-state index is 2.38. The van der Waals surface area contributed by atoms with Gasteiger partial charge in [0.25, 0.3) is 0 Å². The molecule has 1 aliphatic rings. The first kappa shape index (κ1) is 12.9.